The molecule has 6 nitrogen and oxygen atoms in total. The van der Waals surface area contributed by atoms with Crippen LogP contribution in [-0.4, -0.2) is 29.5 Å². The number of hydrogen-bond donors (Lipinski definition) is 1. The van der Waals surface area contributed by atoms with Crippen LogP contribution in [0.15, 0.2) is 12.7 Å². The Morgan fingerprint density at radius 2 is 2.38 bits per heavy atom. The highest BCUT2D eigenvalue weighted by molar-refractivity contribution is 7.71. The molecule has 68 valence electrons. The average Bonchev–Trinajstić information content (AvgIpc) is 2.65. The van der Waals surface area contributed by atoms with Gasteiger partial charge in [-0.3, -0.25) is 9.67 Å². The average molecular weight is 196 g/mol. The third-order valence-corrected chi connectivity index (χ3v) is 2.06. The van der Waals surface area contributed by atoms with Gasteiger partial charge in [-0.05, 0) is 12.2 Å². The van der Waals surface area contributed by atoms with Gasteiger partial charge in [-0.15, -0.1) is 10.2 Å². The van der Waals surface area contributed by atoms with Crippen molar-refractivity contribution in [3.05, 3.63) is 23.3 Å². The second-order valence-electron chi connectivity index (χ2n) is 2.65. The van der Waals surface area contributed by atoms with E-state index in [1.165, 1.54) is 0 Å². The minimum Gasteiger partial charge on any atom is -0.319 e. The highest BCUT2D eigenvalue weighted by Gasteiger charge is 2.01. The van der Waals surface area contributed by atoms with Gasteiger partial charge in [0.15, 0.2) is 10.6 Å². The van der Waals surface area contributed by atoms with Crippen LogP contribution < -0.4 is 0 Å². The second kappa shape index (κ2) is 3.09. The number of aromatic nitrogens is 6. The number of aromatic amines is 1. The van der Waals surface area contributed by atoms with Gasteiger partial charge in [-0.1, -0.05) is 0 Å². The molecule has 0 radical (unpaired) electrons. The van der Waals surface area contributed by atoms with E-state index in [-0.39, 0.29) is 0 Å². The van der Waals surface area contributed by atoms with E-state index in [0.29, 0.717) is 11.3 Å². The van der Waals surface area contributed by atoms with Gasteiger partial charge >= 0.3 is 0 Å². The van der Waals surface area contributed by atoms with Crippen molar-refractivity contribution in [3.63, 3.8) is 0 Å². The molecule has 0 aliphatic carbocycles. The predicted molar refractivity (Wildman–Crippen MR) is 47.5 cm³/mol. The van der Waals surface area contributed by atoms with E-state index in [1.807, 2.05) is 11.6 Å². The smallest absolute Gasteiger partial charge is 0.195 e. The molecule has 0 fully saturated rings. The Bertz CT molecular complexity index is 451. The molecule has 0 saturated carbocycles. The summed E-state index contributed by atoms with van der Waals surface area (Å²) in [5.74, 6) is 0.845. The Balaban J connectivity index is 2.29. The molecule has 0 aliphatic rings. The van der Waals surface area contributed by atoms with E-state index >= 15 is 0 Å². The van der Waals surface area contributed by atoms with Crippen molar-refractivity contribution in [2.75, 3.05) is 0 Å². The zero-order chi connectivity index (χ0) is 9.26. The Morgan fingerprint density at radius 3 is 2.92 bits per heavy atom. The Kier molecular flexibility index (Phi) is 1.93. The van der Waals surface area contributed by atoms with Crippen LogP contribution in [-0.2, 0) is 13.6 Å². The molecule has 0 spiro atoms. The molecule has 0 unspecified atom stereocenters. The molecule has 7 heteroatoms. The van der Waals surface area contributed by atoms with Gasteiger partial charge in [0.2, 0.25) is 0 Å². The fourth-order valence-corrected chi connectivity index (χ4v) is 1.15. The minimum atomic E-state index is 0.586. The number of hydrogen-bond acceptors (Lipinski definition) is 4. The molecule has 2 aromatic rings. The lowest BCUT2D eigenvalue weighted by Gasteiger charge is -1.99. The summed E-state index contributed by atoms with van der Waals surface area (Å²) < 4.78 is 4.22. The molecule has 0 bridgehead atoms. The summed E-state index contributed by atoms with van der Waals surface area (Å²) in [4.78, 5) is 0. The van der Waals surface area contributed by atoms with Crippen molar-refractivity contribution < 1.29 is 0 Å². The second-order valence-corrected chi connectivity index (χ2v) is 3.03. The third-order valence-electron chi connectivity index (χ3n) is 1.74. The third kappa shape index (κ3) is 1.50. The van der Waals surface area contributed by atoms with E-state index in [2.05, 4.69) is 20.4 Å². The Labute approximate surface area is 79.2 Å². The molecular weight excluding hydrogens is 188 g/mol. The normalized spacial score (nSPS) is 10.5. The van der Waals surface area contributed by atoms with Gasteiger partial charge in [-0.25, -0.2) is 0 Å². The molecule has 0 saturated heterocycles. The fourth-order valence-electron chi connectivity index (χ4n) is 0.986. The van der Waals surface area contributed by atoms with Crippen LogP contribution in [0.1, 0.15) is 5.82 Å². The van der Waals surface area contributed by atoms with Crippen molar-refractivity contribution in [2.24, 2.45) is 7.05 Å². The Morgan fingerprint density at radius 1 is 1.54 bits per heavy atom. The van der Waals surface area contributed by atoms with Crippen LogP contribution in [0.3, 0.4) is 0 Å². The van der Waals surface area contributed by atoms with Crippen LogP contribution in [0, 0.1) is 4.77 Å². The standard InChI is InChI=1S/C6H8N6S/c1-11-3-7-9-5(11)2-12-4-8-10-6(12)13/h3-4H,2H2,1H3,(H,10,13). The first-order chi connectivity index (χ1) is 6.27. The van der Waals surface area contributed by atoms with E-state index in [1.54, 1.807) is 17.2 Å². The highest BCUT2D eigenvalue weighted by Crippen LogP contribution is 1.96. The lowest BCUT2D eigenvalue weighted by atomic mass is 10.6. The largest absolute Gasteiger partial charge is 0.319 e. The van der Waals surface area contributed by atoms with Crippen LogP contribution >= 0.6 is 12.2 Å². The van der Waals surface area contributed by atoms with Crippen molar-refractivity contribution in [2.45, 2.75) is 6.54 Å². The topological polar surface area (TPSA) is 64.3 Å². The summed E-state index contributed by atoms with van der Waals surface area (Å²) in [5, 5.41) is 14.2. The molecule has 1 N–H and O–H groups in total. The van der Waals surface area contributed by atoms with Crippen LogP contribution in [0.2, 0.25) is 0 Å². The van der Waals surface area contributed by atoms with Crippen LogP contribution in [0.5, 0.6) is 0 Å². The monoisotopic (exact) mass is 196 g/mol. The summed E-state index contributed by atoms with van der Waals surface area (Å²) in [5.41, 5.74) is 0. The summed E-state index contributed by atoms with van der Waals surface area (Å²) in [6.07, 6.45) is 3.29. The summed E-state index contributed by atoms with van der Waals surface area (Å²) in [6.45, 7) is 0.589. The summed E-state index contributed by atoms with van der Waals surface area (Å²) >= 11 is 4.99. The predicted octanol–water partition coefficient (Wildman–Crippen LogP) is 0.117. The number of nitrogens with one attached hydrogen (secondary N) is 1. The van der Waals surface area contributed by atoms with Gasteiger partial charge < -0.3 is 4.57 Å². The quantitative estimate of drug-likeness (QED) is 0.693. The molecular formula is C6H8N6S. The van der Waals surface area contributed by atoms with Gasteiger partial charge in [0.25, 0.3) is 0 Å². The maximum atomic E-state index is 4.99. The van der Waals surface area contributed by atoms with Crippen LogP contribution in [0.25, 0.3) is 0 Å². The molecule has 13 heavy (non-hydrogen) atoms. The number of rotatable bonds is 2. The first-order valence-electron chi connectivity index (χ1n) is 3.70. The fraction of sp³-hybridized carbons (Fsp3) is 0.333. The lowest BCUT2D eigenvalue weighted by Crippen LogP contribution is -2.04. The number of aryl methyl sites for hydroxylation is 1. The molecule has 2 aromatic heterocycles. The van der Waals surface area contributed by atoms with E-state index in [9.17, 15) is 0 Å². The Hall–Kier alpha value is -1.50. The van der Waals surface area contributed by atoms with Gasteiger partial charge in [0.05, 0.1) is 6.54 Å². The van der Waals surface area contributed by atoms with Gasteiger partial charge in [0, 0.05) is 7.05 Å². The van der Waals surface area contributed by atoms with E-state index < -0.39 is 0 Å². The maximum absolute atomic E-state index is 4.99. The number of H-pyrrole nitrogens is 1. The molecule has 2 rings (SSSR count). The molecule has 2 heterocycles. The van der Waals surface area contributed by atoms with Gasteiger partial charge in [-0.2, -0.15) is 5.10 Å². The maximum Gasteiger partial charge on any atom is 0.195 e. The van der Waals surface area contributed by atoms with Crippen molar-refractivity contribution in [3.8, 4) is 0 Å². The van der Waals surface area contributed by atoms with E-state index in [4.69, 9.17) is 12.2 Å². The SMILES string of the molecule is Cn1cnnc1Cn1cn[nH]c1=S. The van der Waals surface area contributed by atoms with E-state index in [0.717, 1.165) is 5.82 Å². The summed E-state index contributed by atoms with van der Waals surface area (Å²) in [7, 11) is 1.89. The van der Waals surface area contributed by atoms with Crippen molar-refractivity contribution in [1.29, 1.82) is 0 Å². The first-order valence-corrected chi connectivity index (χ1v) is 4.11. The zero-order valence-electron chi connectivity index (χ0n) is 7.01. The van der Waals surface area contributed by atoms with Crippen molar-refractivity contribution >= 4 is 12.2 Å². The molecule has 0 amide bonds. The first kappa shape index (κ1) is 8.11. The minimum absolute atomic E-state index is 0.586. The van der Waals surface area contributed by atoms with Crippen molar-refractivity contribution in [1.82, 2.24) is 29.5 Å². The highest BCUT2D eigenvalue weighted by atomic mass is 32.1. The van der Waals surface area contributed by atoms with Gasteiger partial charge in [0.1, 0.15) is 12.7 Å². The zero-order valence-corrected chi connectivity index (χ0v) is 7.82. The van der Waals surface area contributed by atoms with Crippen LogP contribution in [0.4, 0.5) is 0 Å². The molecule has 0 aromatic carbocycles. The number of nitrogens with zero attached hydrogens (tertiary/aromatic N) is 5. The lowest BCUT2D eigenvalue weighted by molar-refractivity contribution is 0.689. The molecule has 0 atom stereocenters. The molecule has 0 aliphatic heterocycles. The summed E-state index contributed by atoms with van der Waals surface area (Å²) in [6, 6.07) is 0.